The number of ether oxygens (including phenoxy) is 1. The van der Waals surface area contributed by atoms with Crippen LogP contribution in [-0.4, -0.2) is 28.6 Å². The largest absolute Gasteiger partial charge is 0.451 e. The van der Waals surface area contributed by atoms with E-state index in [1.807, 2.05) is 0 Å². The van der Waals surface area contributed by atoms with Crippen LogP contribution >= 0.6 is 0 Å². The van der Waals surface area contributed by atoms with E-state index in [9.17, 15) is 14.7 Å². The van der Waals surface area contributed by atoms with Crippen LogP contribution in [0.4, 0.5) is 0 Å². The van der Waals surface area contributed by atoms with Gasteiger partial charge < -0.3 is 9.84 Å². The van der Waals surface area contributed by atoms with Gasteiger partial charge in [0.25, 0.3) is 0 Å². The molecule has 4 nitrogen and oxygen atoms in total. The molecule has 0 saturated heterocycles. The second kappa shape index (κ2) is 6.17. The first kappa shape index (κ1) is 19.2. The van der Waals surface area contributed by atoms with Gasteiger partial charge >= 0.3 is 5.97 Å². The van der Waals surface area contributed by atoms with Crippen molar-refractivity contribution in [3.05, 3.63) is 11.6 Å². The van der Waals surface area contributed by atoms with Crippen LogP contribution < -0.4 is 0 Å². The Hall–Kier alpha value is -1.16. The van der Waals surface area contributed by atoms with Gasteiger partial charge in [0.1, 0.15) is 0 Å². The van der Waals surface area contributed by atoms with Crippen molar-refractivity contribution in [1.82, 2.24) is 0 Å². The molecule has 0 aromatic heterocycles. The summed E-state index contributed by atoms with van der Waals surface area (Å²) in [6.45, 7) is 7.64. The molecule has 0 radical (unpaired) electrons. The van der Waals surface area contributed by atoms with Crippen molar-refractivity contribution in [1.29, 1.82) is 0 Å². The number of rotatable bonds is 2. The number of hydrogen-bond acceptors (Lipinski definition) is 4. The zero-order valence-electron chi connectivity index (χ0n) is 17.2. The Morgan fingerprint density at radius 1 is 1.07 bits per heavy atom. The molecule has 4 aliphatic carbocycles. The van der Waals surface area contributed by atoms with Gasteiger partial charge in [-0.25, -0.2) is 0 Å². The Morgan fingerprint density at radius 3 is 2.44 bits per heavy atom. The quantitative estimate of drug-likeness (QED) is 0.581. The number of carbonyl (C=O) groups is 2. The average Bonchev–Trinajstić information content (AvgIpc) is 2.89. The van der Waals surface area contributed by atoms with Gasteiger partial charge in [0.2, 0.25) is 0 Å². The van der Waals surface area contributed by atoms with Crippen molar-refractivity contribution in [2.45, 2.75) is 90.8 Å². The lowest BCUT2D eigenvalue weighted by Gasteiger charge is -2.59. The van der Waals surface area contributed by atoms with Crippen LogP contribution in [0.25, 0.3) is 0 Å². The molecule has 4 heteroatoms. The molecule has 4 rings (SSSR count). The molecule has 0 spiro atoms. The number of ketones is 1. The van der Waals surface area contributed by atoms with Crippen molar-refractivity contribution < 1.29 is 19.4 Å². The minimum Gasteiger partial charge on any atom is -0.451 e. The topological polar surface area (TPSA) is 63.6 Å². The molecule has 0 amide bonds. The molecule has 0 aliphatic heterocycles. The van der Waals surface area contributed by atoms with Gasteiger partial charge in [-0.15, -0.1) is 0 Å². The van der Waals surface area contributed by atoms with Crippen LogP contribution in [-0.2, 0) is 14.3 Å². The number of fused-ring (bicyclic) bond motifs is 5. The maximum atomic E-state index is 12.7. The molecule has 3 saturated carbocycles. The molecule has 0 bridgehead atoms. The average molecular weight is 375 g/mol. The van der Waals surface area contributed by atoms with E-state index < -0.39 is 5.60 Å². The van der Waals surface area contributed by atoms with Gasteiger partial charge in [-0.1, -0.05) is 25.5 Å². The summed E-state index contributed by atoms with van der Waals surface area (Å²) in [5, 5.41) is 10.1. The highest BCUT2D eigenvalue weighted by atomic mass is 16.6. The SMILES string of the molecule is CC(=O)O[C@@]1(C(C)=O)CC[C@@H]2[C@@H]3CC=C4C[C@@H](O)CC[C@]4(C)[C@@H]3CC[C@@]21C. The smallest absolute Gasteiger partial charge is 0.303 e. The molecule has 0 aromatic rings. The highest BCUT2D eigenvalue weighted by molar-refractivity contribution is 5.89. The molecule has 4 aliphatic rings. The molecule has 0 aromatic carbocycles. The third-order valence-corrected chi connectivity index (χ3v) is 9.08. The second-order valence-corrected chi connectivity index (χ2v) is 10.1. The van der Waals surface area contributed by atoms with Crippen molar-refractivity contribution in [3.8, 4) is 0 Å². The number of aliphatic hydroxyl groups excluding tert-OH is 1. The molecular weight excluding hydrogens is 340 g/mol. The number of esters is 1. The molecular formula is C23H34O4. The first-order chi connectivity index (χ1) is 12.6. The summed E-state index contributed by atoms with van der Waals surface area (Å²) in [7, 11) is 0. The van der Waals surface area contributed by atoms with Gasteiger partial charge in [-0.2, -0.15) is 0 Å². The van der Waals surface area contributed by atoms with E-state index in [1.165, 1.54) is 12.5 Å². The first-order valence-electron chi connectivity index (χ1n) is 10.7. The molecule has 1 N–H and O–H groups in total. The Kier molecular flexibility index (Phi) is 4.38. The first-order valence-corrected chi connectivity index (χ1v) is 10.7. The summed E-state index contributed by atoms with van der Waals surface area (Å²) in [6, 6.07) is 0. The second-order valence-electron chi connectivity index (χ2n) is 10.1. The number of Topliss-reactive ketones (excluding diaryl/α,β-unsaturated/α-hetero) is 1. The van der Waals surface area contributed by atoms with Crippen molar-refractivity contribution in [3.63, 3.8) is 0 Å². The fraction of sp³-hybridized carbons (Fsp3) is 0.826. The lowest BCUT2D eigenvalue weighted by atomic mass is 9.46. The summed E-state index contributed by atoms with van der Waals surface area (Å²) >= 11 is 0. The number of aliphatic hydroxyl groups is 1. The van der Waals surface area contributed by atoms with Gasteiger partial charge in [0.15, 0.2) is 11.4 Å². The van der Waals surface area contributed by atoms with Crippen LogP contribution in [0.1, 0.15) is 79.1 Å². The van der Waals surface area contributed by atoms with E-state index in [4.69, 9.17) is 4.74 Å². The van der Waals surface area contributed by atoms with Crippen LogP contribution in [0.5, 0.6) is 0 Å². The Balaban J connectivity index is 1.70. The van der Waals surface area contributed by atoms with Crippen molar-refractivity contribution in [2.24, 2.45) is 28.6 Å². The molecule has 27 heavy (non-hydrogen) atoms. The zero-order valence-corrected chi connectivity index (χ0v) is 17.2. The van der Waals surface area contributed by atoms with E-state index in [1.54, 1.807) is 6.92 Å². The Morgan fingerprint density at radius 2 is 1.78 bits per heavy atom. The lowest BCUT2D eigenvalue weighted by Crippen LogP contribution is -2.58. The molecule has 7 atom stereocenters. The minimum atomic E-state index is -0.942. The Bertz CT molecular complexity index is 696. The summed E-state index contributed by atoms with van der Waals surface area (Å²) in [6.07, 6.45) is 9.68. The highest BCUT2D eigenvalue weighted by Gasteiger charge is 2.67. The third kappa shape index (κ3) is 2.51. The summed E-state index contributed by atoms with van der Waals surface area (Å²) in [5.74, 6) is 1.25. The number of hydrogen-bond donors (Lipinski definition) is 1. The predicted octanol–water partition coefficient (Wildman–Crippen LogP) is 4.20. The maximum absolute atomic E-state index is 12.7. The number of carbonyl (C=O) groups excluding carboxylic acids is 2. The molecule has 0 heterocycles. The summed E-state index contributed by atoms with van der Waals surface area (Å²) < 4.78 is 5.82. The lowest BCUT2D eigenvalue weighted by molar-refractivity contribution is -0.186. The van der Waals surface area contributed by atoms with Gasteiger partial charge in [-0.3, -0.25) is 9.59 Å². The number of allylic oxidation sites excluding steroid dienone is 1. The fourth-order valence-corrected chi connectivity index (χ4v) is 7.70. The third-order valence-electron chi connectivity index (χ3n) is 9.08. The van der Waals surface area contributed by atoms with Gasteiger partial charge in [0.05, 0.1) is 6.10 Å². The highest BCUT2D eigenvalue weighted by Crippen LogP contribution is 2.68. The summed E-state index contributed by atoms with van der Waals surface area (Å²) in [5.41, 5.74) is 0.442. The zero-order chi connectivity index (χ0) is 19.6. The van der Waals surface area contributed by atoms with Gasteiger partial charge in [0, 0.05) is 12.3 Å². The van der Waals surface area contributed by atoms with Crippen LogP contribution in [0.3, 0.4) is 0 Å². The van der Waals surface area contributed by atoms with E-state index in [0.29, 0.717) is 24.2 Å². The van der Waals surface area contributed by atoms with Crippen LogP contribution in [0.2, 0.25) is 0 Å². The van der Waals surface area contributed by atoms with Crippen LogP contribution in [0, 0.1) is 28.6 Å². The standard InChI is InChI=1S/C23H34O4/c1-14(24)23(27-15(2)25)12-9-20-18-6-5-16-13-17(26)7-10-21(16,3)19(18)8-11-22(20,23)4/h5,17-20,26H,6-13H2,1-4H3/t17-,18+,19+,20+,21-,22-,23+/m0/s1. The summed E-state index contributed by atoms with van der Waals surface area (Å²) in [4.78, 5) is 24.6. The van der Waals surface area contributed by atoms with E-state index >= 15 is 0 Å². The van der Waals surface area contributed by atoms with Crippen LogP contribution in [0.15, 0.2) is 11.6 Å². The van der Waals surface area contributed by atoms with E-state index in [0.717, 1.165) is 44.9 Å². The van der Waals surface area contributed by atoms with Gasteiger partial charge in [-0.05, 0) is 81.5 Å². The monoisotopic (exact) mass is 374 g/mol. The van der Waals surface area contributed by atoms with Crippen molar-refractivity contribution >= 4 is 11.8 Å². The molecule has 150 valence electrons. The normalized spacial score (nSPS) is 48.7. The van der Waals surface area contributed by atoms with Crippen molar-refractivity contribution in [2.75, 3.05) is 0 Å². The molecule has 0 unspecified atom stereocenters. The predicted molar refractivity (Wildman–Crippen MR) is 103 cm³/mol. The van der Waals surface area contributed by atoms with E-state index in [2.05, 4.69) is 19.9 Å². The minimum absolute atomic E-state index is 0.0141. The fourth-order valence-electron chi connectivity index (χ4n) is 7.70. The molecule has 3 fully saturated rings. The maximum Gasteiger partial charge on any atom is 0.303 e. The Labute approximate surface area is 162 Å². The van der Waals surface area contributed by atoms with E-state index in [-0.39, 0.29) is 28.7 Å².